The molecule has 2 aromatic carbocycles. The van der Waals surface area contributed by atoms with Crippen LogP contribution in [0.25, 0.3) is 0 Å². The molecule has 1 atom stereocenters. The molecule has 6 nitrogen and oxygen atoms in total. The van der Waals surface area contributed by atoms with E-state index in [4.69, 9.17) is 11.6 Å². The van der Waals surface area contributed by atoms with Crippen molar-refractivity contribution in [1.82, 2.24) is 10.2 Å². The summed E-state index contributed by atoms with van der Waals surface area (Å²) in [6.45, 7) is 8.91. The lowest BCUT2D eigenvalue weighted by molar-refractivity contribution is -0.120. The van der Waals surface area contributed by atoms with Gasteiger partial charge >= 0.3 is 0 Å². The average Bonchev–Trinajstić information content (AvgIpc) is 2.85. The predicted octanol–water partition coefficient (Wildman–Crippen LogP) is 5.04. The smallest absolute Gasteiger partial charge is 0.254 e. The quantitative estimate of drug-likeness (QED) is 0.571. The Bertz CT molecular complexity index is 1180. The van der Waals surface area contributed by atoms with Gasteiger partial charge in [0.05, 0.1) is 5.92 Å². The standard InChI is InChI=1S/C29H35ClN4O2/c1-19-14-20(2)32-29(36)26(19)17-31-28(35)25-15-23(30)16-27(21(25)3)33(4)24-10-12-34(13-11-24)18-22-8-6-5-7-9-22/h5-9,14-16,24,26H,10-13,17-18H2,1-4H3,(H,31,35). The molecule has 0 bridgehead atoms. The van der Waals surface area contributed by atoms with E-state index in [-0.39, 0.29) is 18.4 Å². The summed E-state index contributed by atoms with van der Waals surface area (Å²) < 4.78 is 0. The van der Waals surface area contributed by atoms with Crippen molar-refractivity contribution in [3.05, 3.63) is 75.8 Å². The molecular weight excluding hydrogens is 472 g/mol. The maximum Gasteiger partial charge on any atom is 0.254 e. The van der Waals surface area contributed by atoms with Gasteiger partial charge in [-0.3, -0.25) is 14.5 Å². The van der Waals surface area contributed by atoms with Crippen molar-refractivity contribution in [3.8, 4) is 0 Å². The number of benzene rings is 2. The van der Waals surface area contributed by atoms with Crippen molar-refractivity contribution in [1.29, 1.82) is 0 Å². The zero-order valence-electron chi connectivity index (χ0n) is 21.6. The lowest BCUT2D eigenvalue weighted by Crippen LogP contribution is -2.43. The van der Waals surface area contributed by atoms with E-state index in [1.54, 1.807) is 13.0 Å². The van der Waals surface area contributed by atoms with Crippen molar-refractivity contribution in [2.45, 2.75) is 46.2 Å². The highest BCUT2D eigenvalue weighted by atomic mass is 35.5. The van der Waals surface area contributed by atoms with Crippen LogP contribution in [0.4, 0.5) is 5.69 Å². The number of carbonyl (C=O) groups excluding carboxylic acids is 2. The monoisotopic (exact) mass is 506 g/mol. The Hall–Kier alpha value is -2.96. The van der Waals surface area contributed by atoms with Crippen LogP contribution in [0.2, 0.25) is 5.02 Å². The van der Waals surface area contributed by atoms with E-state index in [2.05, 4.69) is 57.5 Å². The predicted molar refractivity (Wildman–Crippen MR) is 147 cm³/mol. The number of nitrogens with one attached hydrogen (secondary N) is 1. The second-order valence-corrected chi connectivity index (χ2v) is 10.4. The van der Waals surface area contributed by atoms with Crippen LogP contribution in [-0.2, 0) is 11.3 Å². The lowest BCUT2D eigenvalue weighted by Gasteiger charge is -2.38. The number of carbonyl (C=O) groups is 2. The van der Waals surface area contributed by atoms with E-state index in [1.165, 1.54) is 5.56 Å². The molecule has 2 heterocycles. The summed E-state index contributed by atoms with van der Waals surface area (Å²) in [5, 5.41) is 3.46. The highest BCUT2D eigenvalue weighted by Gasteiger charge is 2.27. The van der Waals surface area contributed by atoms with Crippen molar-refractivity contribution < 1.29 is 9.59 Å². The van der Waals surface area contributed by atoms with Crippen molar-refractivity contribution in [2.75, 3.05) is 31.6 Å². The van der Waals surface area contributed by atoms with Gasteiger partial charge in [0.1, 0.15) is 0 Å². The molecule has 1 N–H and O–H groups in total. The van der Waals surface area contributed by atoms with Crippen LogP contribution in [0, 0.1) is 12.8 Å². The number of dihydropyridines is 1. The van der Waals surface area contributed by atoms with Gasteiger partial charge < -0.3 is 10.2 Å². The molecule has 2 aliphatic heterocycles. The molecule has 0 spiro atoms. The fourth-order valence-corrected chi connectivity index (χ4v) is 5.43. The third-order valence-electron chi connectivity index (χ3n) is 7.36. The Morgan fingerprint density at radius 2 is 1.83 bits per heavy atom. The van der Waals surface area contributed by atoms with Crippen LogP contribution in [0.5, 0.6) is 0 Å². The number of hydrogen-bond acceptors (Lipinski definition) is 4. The maximum atomic E-state index is 13.1. The Morgan fingerprint density at radius 1 is 1.14 bits per heavy atom. The van der Waals surface area contributed by atoms with E-state index in [0.29, 0.717) is 22.3 Å². The first-order chi connectivity index (χ1) is 17.2. The SMILES string of the molecule is CC1=CC(C)=NC(=O)C1CNC(=O)c1cc(Cl)cc(N(C)C2CCN(Cc3ccccc3)CC2)c1C. The van der Waals surface area contributed by atoms with Crippen LogP contribution in [0.3, 0.4) is 0 Å². The van der Waals surface area contributed by atoms with Gasteiger partial charge in [-0.05, 0) is 62.9 Å². The number of piperidine rings is 1. The summed E-state index contributed by atoms with van der Waals surface area (Å²) in [5.41, 5.74) is 5.35. The van der Waals surface area contributed by atoms with Crippen molar-refractivity contribution in [3.63, 3.8) is 0 Å². The molecule has 0 saturated carbocycles. The maximum absolute atomic E-state index is 13.1. The zero-order valence-corrected chi connectivity index (χ0v) is 22.3. The summed E-state index contributed by atoms with van der Waals surface area (Å²) in [6.07, 6.45) is 3.99. The van der Waals surface area contributed by atoms with E-state index >= 15 is 0 Å². The minimum Gasteiger partial charge on any atom is -0.371 e. The topological polar surface area (TPSA) is 65.0 Å². The highest BCUT2D eigenvalue weighted by Crippen LogP contribution is 2.31. The number of nitrogens with zero attached hydrogens (tertiary/aromatic N) is 3. The van der Waals surface area contributed by atoms with Crippen molar-refractivity contribution in [2.24, 2.45) is 10.9 Å². The molecule has 0 aromatic heterocycles. The van der Waals surface area contributed by atoms with E-state index in [1.807, 2.05) is 26.0 Å². The van der Waals surface area contributed by atoms with Crippen LogP contribution in [-0.4, -0.2) is 55.1 Å². The Balaban J connectivity index is 1.40. The van der Waals surface area contributed by atoms with Gasteiger partial charge in [0, 0.05) is 61.3 Å². The van der Waals surface area contributed by atoms with E-state index in [0.717, 1.165) is 49.3 Å². The molecule has 1 saturated heterocycles. The number of halogens is 1. The zero-order chi connectivity index (χ0) is 25.8. The van der Waals surface area contributed by atoms with Crippen LogP contribution < -0.4 is 10.2 Å². The Morgan fingerprint density at radius 3 is 2.50 bits per heavy atom. The second kappa shape index (κ2) is 11.4. The molecule has 2 aromatic rings. The first kappa shape index (κ1) is 26.1. The Kier molecular flexibility index (Phi) is 8.27. The number of allylic oxidation sites excluding steroid dienone is 1. The summed E-state index contributed by atoms with van der Waals surface area (Å²) in [5.74, 6) is -0.871. The first-order valence-electron chi connectivity index (χ1n) is 12.6. The van der Waals surface area contributed by atoms with Crippen LogP contribution >= 0.6 is 11.6 Å². The van der Waals surface area contributed by atoms with Crippen LogP contribution in [0.15, 0.2) is 59.1 Å². The molecule has 36 heavy (non-hydrogen) atoms. The normalized spacial score (nSPS) is 19.0. The largest absolute Gasteiger partial charge is 0.371 e. The highest BCUT2D eigenvalue weighted by molar-refractivity contribution is 6.31. The Labute approximate surface area is 219 Å². The van der Waals surface area contributed by atoms with Crippen LogP contribution in [0.1, 0.15) is 48.2 Å². The molecule has 7 heteroatoms. The number of amides is 2. The summed E-state index contributed by atoms with van der Waals surface area (Å²) in [4.78, 5) is 34.3. The molecule has 1 unspecified atom stereocenters. The fraction of sp³-hybridized carbons (Fsp3) is 0.414. The minimum atomic E-state index is -0.430. The molecule has 2 aliphatic rings. The number of likely N-dealkylation sites (tertiary alicyclic amines) is 1. The second-order valence-electron chi connectivity index (χ2n) is 9.94. The summed E-state index contributed by atoms with van der Waals surface area (Å²) >= 11 is 6.48. The fourth-order valence-electron chi connectivity index (χ4n) is 5.22. The number of aliphatic imine (C=N–C) groups is 1. The summed E-state index contributed by atoms with van der Waals surface area (Å²) in [6, 6.07) is 14.6. The summed E-state index contributed by atoms with van der Waals surface area (Å²) in [7, 11) is 2.09. The van der Waals surface area contributed by atoms with Gasteiger partial charge in [0.2, 0.25) is 0 Å². The number of hydrogen-bond donors (Lipinski definition) is 1. The van der Waals surface area contributed by atoms with Crippen molar-refractivity contribution >= 4 is 34.8 Å². The molecule has 190 valence electrons. The molecule has 1 fully saturated rings. The molecular formula is C29H35ClN4O2. The first-order valence-corrected chi connectivity index (χ1v) is 13.0. The average molecular weight is 507 g/mol. The van der Waals surface area contributed by atoms with Gasteiger partial charge in [-0.1, -0.05) is 47.5 Å². The minimum absolute atomic E-state index is 0.213. The number of rotatable bonds is 7. The van der Waals surface area contributed by atoms with Gasteiger partial charge in [-0.15, -0.1) is 0 Å². The van der Waals surface area contributed by atoms with E-state index in [9.17, 15) is 9.59 Å². The third-order valence-corrected chi connectivity index (χ3v) is 7.58. The molecule has 0 radical (unpaired) electrons. The lowest BCUT2D eigenvalue weighted by atomic mass is 9.95. The third kappa shape index (κ3) is 6.05. The molecule has 0 aliphatic carbocycles. The van der Waals surface area contributed by atoms with Gasteiger partial charge in [-0.2, -0.15) is 0 Å². The molecule has 4 rings (SSSR count). The molecule has 2 amide bonds. The van der Waals surface area contributed by atoms with E-state index < -0.39 is 5.92 Å². The number of anilines is 1. The van der Waals surface area contributed by atoms with Gasteiger partial charge in [0.15, 0.2) is 0 Å². The van der Waals surface area contributed by atoms with Gasteiger partial charge in [-0.25, -0.2) is 4.99 Å². The van der Waals surface area contributed by atoms with Gasteiger partial charge in [0.25, 0.3) is 11.8 Å².